The highest BCUT2D eigenvalue weighted by Gasteiger charge is 2.31. The second kappa shape index (κ2) is 9.24. The molecule has 2 unspecified atom stereocenters. The second-order valence-electron chi connectivity index (χ2n) is 7.30. The number of thiazole rings is 1. The summed E-state index contributed by atoms with van der Waals surface area (Å²) in [6.07, 6.45) is 5.43. The number of carbonyl (C=O) groups excluding carboxylic acids is 1. The quantitative estimate of drug-likeness (QED) is 0.666. The van der Waals surface area contributed by atoms with Crippen LogP contribution in [0.1, 0.15) is 39.9 Å². The molecule has 0 bridgehead atoms. The predicted molar refractivity (Wildman–Crippen MR) is 111 cm³/mol. The monoisotopic (exact) mass is 410 g/mol. The summed E-state index contributed by atoms with van der Waals surface area (Å²) in [4.78, 5) is 23.7. The molecule has 2 aromatic heterocycles. The Labute approximate surface area is 173 Å². The van der Waals surface area contributed by atoms with Crippen LogP contribution in [0.15, 0.2) is 60.2 Å². The number of nitrogens with one attached hydrogen (secondary N) is 1. The van der Waals surface area contributed by atoms with Gasteiger partial charge in [-0.3, -0.25) is 14.7 Å². The van der Waals surface area contributed by atoms with Gasteiger partial charge >= 0.3 is 0 Å². The number of hydrogen-bond donors (Lipinski definition) is 1. The van der Waals surface area contributed by atoms with Gasteiger partial charge in [0.15, 0.2) is 0 Å². The van der Waals surface area contributed by atoms with E-state index in [2.05, 4.69) is 20.2 Å². The molecule has 4 rings (SSSR count). The van der Waals surface area contributed by atoms with Crippen LogP contribution in [0.25, 0.3) is 0 Å². The third-order valence-electron chi connectivity index (χ3n) is 5.21. The maximum Gasteiger partial charge on any atom is 0.270 e. The minimum absolute atomic E-state index is 0.167. The van der Waals surface area contributed by atoms with Crippen molar-refractivity contribution in [3.8, 4) is 0 Å². The zero-order valence-electron chi connectivity index (χ0n) is 16.0. The number of nitrogens with zero attached hydrogens (tertiary/aromatic N) is 3. The summed E-state index contributed by atoms with van der Waals surface area (Å²) in [6, 6.07) is 11.9. The smallest absolute Gasteiger partial charge is 0.270 e. The third kappa shape index (κ3) is 5.05. The normalized spacial score (nSPS) is 18.3. The van der Waals surface area contributed by atoms with Crippen LogP contribution in [0.3, 0.4) is 0 Å². The van der Waals surface area contributed by atoms with Gasteiger partial charge in [0.05, 0.1) is 6.04 Å². The van der Waals surface area contributed by atoms with Gasteiger partial charge in [0.1, 0.15) is 16.5 Å². The highest BCUT2D eigenvalue weighted by molar-refractivity contribution is 7.09. The van der Waals surface area contributed by atoms with Gasteiger partial charge in [0.25, 0.3) is 5.91 Å². The average molecular weight is 411 g/mol. The van der Waals surface area contributed by atoms with E-state index in [1.54, 1.807) is 48.0 Å². The standard InChI is InChI=1S/C22H23FN4OS/c23-18-7-3-5-16(13-18)14-27-11-4-6-17(15-27)20(22-25-10-12-29-22)26-21(28)19-8-1-2-9-24-19/h1-3,5,7-10,12-13,17,20H,4,6,11,14-15H2,(H,26,28). The lowest BCUT2D eigenvalue weighted by atomic mass is 9.90. The van der Waals surface area contributed by atoms with Gasteiger partial charge in [-0.25, -0.2) is 9.37 Å². The third-order valence-corrected chi connectivity index (χ3v) is 6.07. The Morgan fingerprint density at radius 1 is 1.24 bits per heavy atom. The van der Waals surface area contributed by atoms with Crippen molar-refractivity contribution < 1.29 is 9.18 Å². The van der Waals surface area contributed by atoms with Gasteiger partial charge in [-0.1, -0.05) is 18.2 Å². The molecule has 5 nitrogen and oxygen atoms in total. The molecule has 1 aliphatic rings. The van der Waals surface area contributed by atoms with Crippen LogP contribution in [0.4, 0.5) is 4.39 Å². The Hall–Kier alpha value is -2.64. The van der Waals surface area contributed by atoms with Crippen LogP contribution < -0.4 is 5.32 Å². The van der Waals surface area contributed by atoms with Crippen LogP contribution in [0, 0.1) is 11.7 Å². The lowest BCUT2D eigenvalue weighted by Gasteiger charge is -2.36. The fourth-order valence-electron chi connectivity index (χ4n) is 3.88. The van der Waals surface area contributed by atoms with Crippen LogP contribution >= 0.6 is 11.3 Å². The first-order valence-corrected chi connectivity index (χ1v) is 10.6. The summed E-state index contributed by atoms with van der Waals surface area (Å²) in [5.74, 6) is -0.163. The lowest BCUT2D eigenvalue weighted by Crippen LogP contribution is -2.42. The first kappa shape index (κ1) is 19.7. The van der Waals surface area contributed by atoms with Crippen molar-refractivity contribution in [3.63, 3.8) is 0 Å². The van der Waals surface area contributed by atoms with Crippen molar-refractivity contribution in [1.29, 1.82) is 0 Å². The molecule has 1 amide bonds. The summed E-state index contributed by atoms with van der Waals surface area (Å²) < 4.78 is 13.5. The number of carbonyl (C=O) groups is 1. The number of halogens is 1. The molecule has 1 saturated heterocycles. The van der Waals surface area contributed by atoms with E-state index in [0.717, 1.165) is 36.5 Å². The average Bonchev–Trinajstić information content (AvgIpc) is 3.27. The molecule has 0 saturated carbocycles. The Bertz CT molecular complexity index is 935. The van der Waals surface area contributed by atoms with Crippen LogP contribution in [0.5, 0.6) is 0 Å². The number of hydrogen-bond acceptors (Lipinski definition) is 5. The van der Waals surface area contributed by atoms with Crippen molar-refractivity contribution >= 4 is 17.2 Å². The maximum absolute atomic E-state index is 13.5. The van der Waals surface area contributed by atoms with E-state index in [4.69, 9.17) is 0 Å². The molecule has 0 spiro atoms. The summed E-state index contributed by atoms with van der Waals surface area (Å²) in [7, 11) is 0. The molecule has 1 aliphatic heterocycles. The van der Waals surface area contributed by atoms with Gasteiger partial charge in [-0.2, -0.15) is 0 Å². The Kier molecular flexibility index (Phi) is 6.27. The fraction of sp³-hybridized carbons (Fsp3) is 0.318. The number of aromatic nitrogens is 2. The number of rotatable bonds is 6. The van der Waals surface area contributed by atoms with Gasteiger partial charge < -0.3 is 5.32 Å². The summed E-state index contributed by atoms with van der Waals surface area (Å²) >= 11 is 1.55. The molecule has 150 valence electrons. The van der Waals surface area contributed by atoms with E-state index >= 15 is 0 Å². The van der Waals surface area contributed by atoms with Crippen molar-refractivity contribution in [2.75, 3.05) is 13.1 Å². The molecule has 7 heteroatoms. The minimum Gasteiger partial charge on any atom is -0.341 e. The van der Waals surface area contributed by atoms with E-state index in [1.807, 2.05) is 17.5 Å². The van der Waals surface area contributed by atoms with Gasteiger partial charge in [-0.05, 0) is 55.1 Å². The molecule has 3 aromatic rings. The van der Waals surface area contributed by atoms with Crippen LogP contribution in [-0.4, -0.2) is 33.9 Å². The Balaban J connectivity index is 1.49. The highest BCUT2D eigenvalue weighted by Crippen LogP contribution is 2.32. The van der Waals surface area contributed by atoms with Gasteiger partial charge in [-0.15, -0.1) is 11.3 Å². The zero-order valence-corrected chi connectivity index (χ0v) is 16.8. The first-order chi connectivity index (χ1) is 14.2. The number of pyridine rings is 1. The Morgan fingerprint density at radius 2 is 2.17 bits per heavy atom. The van der Waals surface area contributed by atoms with Gasteiger partial charge in [0.2, 0.25) is 0 Å². The zero-order chi connectivity index (χ0) is 20.1. The predicted octanol–water partition coefficient (Wildman–Crippen LogP) is 4.06. The minimum atomic E-state index is -0.209. The molecule has 1 N–H and O–H groups in total. The van der Waals surface area contributed by atoms with E-state index in [1.165, 1.54) is 6.07 Å². The van der Waals surface area contributed by atoms with Gasteiger partial charge in [0, 0.05) is 30.9 Å². The second-order valence-corrected chi connectivity index (χ2v) is 8.23. The molecule has 0 radical (unpaired) electrons. The Morgan fingerprint density at radius 3 is 2.93 bits per heavy atom. The van der Waals surface area contributed by atoms with E-state index < -0.39 is 0 Å². The molecular formula is C22H23FN4OS. The SMILES string of the molecule is O=C(NC(c1nccs1)C1CCCN(Cc2cccc(F)c2)C1)c1ccccn1. The summed E-state index contributed by atoms with van der Waals surface area (Å²) in [5, 5.41) is 6.00. The number of amides is 1. The molecule has 2 atom stereocenters. The molecule has 0 aliphatic carbocycles. The van der Waals surface area contributed by atoms with Crippen LogP contribution in [0.2, 0.25) is 0 Å². The van der Waals surface area contributed by atoms with Crippen molar-refractivity contribution in [2.45, 2.75) is 25.4 Å². The number of likely N-dealkylation sites (tertiary alicyclic amines) is 1. The fourth-order valence-corrected chi connectivity index (χ4v) is 4.66. The number of piperidine rings is 1. The maximum atomic E-state index is 13.5. The largest absolute Gasteiger partial charge is 0.341 e. The summed E-state index contributed by atoms with van der Waals surface area (Å²) in [6.45, 7) is 2.49. The van der Waals surface area contributed by atoms with E-state index in [0.29, 0.717) is 12.2 Å². The first-order valence-electron chi connectivity index (χ1n) is 9.77. The van der Waals surface area contributed by atoms with Crippen molar-refractivity contribution in [1.82, 2.24) is 20.2 Å². The molecule has 3 heterocycles. The number of benzene rings is 1. The lowest BCUT2D eigenvalue weighted by molar-refractivity contribution is 0.0873. The summed E-state index contributed by atoms with van der Waals surface area (Å²) in [5.41, 5.74) is 1.37. The molecule has 1 aromatic carbocycles. The van der Waals surface area contributed by atoms with Crippen molar-refractivity contribution in [3.05, 3.63) is 82.3 Å². The van der Waals surface area contributed by atoms with Crippen molar-refractivity contribution in [2.24, 2.45) is 5.92 Å². The topological polar surface area (TPSA) is 58.1 Å². The van der Waals surface area contributed by atoms with E-state index in [9.17, 15) is 9.18 Å². The molecule has 1 fully saturated rings. The highest BCUT2D eigenvalue weighted by atomic mass is 32.1. The van der Waals surface area contributed by atoms with E-state index in [-0.39, 0.29) is 23.7 Å². The molecule has 29 heavy (non-hydrogen) atoms. The van der Waals surface area contributed by atoms with Crippen LogP contribution in [-0.2, 0) is 6.54 Å². The molecular weight excluding hydrogens is 387 g/mol.